The highest BCUT2D eigenvalue weighted by Gasteiger charge is 2.13. The Morgan fingerprint density at radius 2 is 1.13 bits per heavy atom. The number of allylic oxidation sites excluding steroid dienone is 11. The molecule has 0 saturated carbocycles. The molecule has 2 aliphatic rings. The average Bonchev–Trinajstić information content (AvgIpc) is 4.13. The van der Waals surface area contributed by atoms with Crippen LogP contribution in [0.2, 0.25) is 0 Å². The summed E-state index contributed by atoms with van der Waals surface area (Å²) in [6, 6.07) is 0.833. The fourth-order valence-corrected chi connectivity index (χ4v) is 0.783. The number of epoxide rings is 1. The largest absolute Gasteiger partial charge is 0.481 e. The van der Waals surface area contributed by atoms with E-state index in [1.807, 2.05) is 60.6 Å². The maximum absolute atomic E-state index is 9.19. The van der Waals surface area contributed by atoms with Gasteiger partial charge >= 0.3 is 0 Å². The zero-order chi connectivity index (χ0) is 52.7. The van der Waals surface area contributed by atoms with Crippen LogP contribution in [0, 0.1) is 12.3 Å². The van der Waals surface area contributed by atoms with E-state index in [9.17, 15) is 8.42 Å². The van der Waals surface area contributed by atoms with Crippen molar-refractivity contribution in [3.8, 4) is 12.3 Å². The number of halogens is 1. The van der Waals surface area contributed by atoms with Crippen molar-refractivity contribution in [3.63, 3.8) is 0 Å². The third-order valence-electron chi connectivity index (χ3n) is 3.28. The minimum absolute atomic E-state index is 0.583. The Morgan fingerprint density at radius 3 is 1.15 bits per heavy atom. The maximum atomic E-state index is 9.19. The quantitative estimate of drug-likeness (QED) is 0.0301. The number of aliphatic carboxylic acids is 1. The second kappa shape index (κ2) is 118. The number of thiol groups is 1. The van der Waals surface area contributed by atoms with Gasteiger partial charge in [-0.3, -0.25) is 9.35 Å². The number of aliphatic hydroxyl groups excluding tert-OH is 1. The van der Waals surface area contributed by atoms with Gasteiger partial charge in [0.25, 0.3) is 16.1 Å². The summed E-state index contributed by atoms with van der Waals surface area (Å²) in [5, 5.41) is 18.2. The molecule has 0 spiro atoms. The Hall–Kier alpha value is -3.02. The van der Waals surface area contributed by atoms with Gasteiger partial charge < -0.3 is 26.0 Å². The van der Waals surface area contributed by atoms with Gasteiger partial charge in [0.15, 0.2) is 0 Å². The number of aliphatic hydroxyl groups is 1. The number of carboxylic acids is 1. The number of carboxylic acid groups (broad SMARTS) is 1. The van der Waals surface area contributed by atoms with Gasteiger partial charge in [0, 0.05) is 38.7 Å². The minimum Gasteiger partial charge on any atom is -0.481 e. The summed E-state index contributed by atoms with van der Waals surface area (Å²) in [6.07, 6.45) is 28.8. The van der Waals surface area contributed by atoms with E-state index >= 15 is 0 Å². The van der Waals surface area contributed by atoms with Crippen LogP contribution in [0.1, 0.15) is 137 Å². The summed E-state index contributed by atoms with van der Waals surface area (Å²) < 4.78 is 30.6. The number of aliphatic imine (C=N–C) groups is 1. The molecule has 2 atom stereocenters. The van der Waals surface area contributed by atoms with E-state index in [1.165, 1.54) is 50.7 Å². The molecule has 2 aliphatic heterocycles. The third-order valence-corrected chi connectivity index (χ3v) is 3.28. The van der Waals surface area contributed by atoms with Gasteiger partial charge in [0.1, 0.15) is 0 Å². The molecule has 0 amide bonds. The lowest BCUT2D eigenvalue weighted by molar-refractivity contribution is -0.134. The predicted octanol–water partition coefficient (Wildman–Crippen LogP) is 12.7. The molecule has 0 aliphatic carbocycles. The van der Waals surface area contributed by atoms with Crippen molar-refractivity contribution >= 4 is 46.4 Å². The highest BCUT2D eigenvalue weighted by Crippen LogP contribution is 2.04. The van der Waals surface area contributed by atoms with Crippen molar-refractivity contribution < 1.29 is 37.5 Å². The van der Waals surface area contributed by atoms with Crippen LogP contribution >= 0.6 is 24.2 Å². The summed E-state index contributed by atoms with van der Waals surface area (Å²) in [6.45, 7) is 45.6. The average molecular weight is 935 g/mol. The smallest absolute Gasteiger partial charge is 0.300 e. The number of ether oxygens (including phenoxy) is 1. The molecular formula is C47H100ClN3O8S2. The zero-order valence-corrected chi connectivity index (χ0v) is 45.6. The number of isocyanates is 1. The third kappa shape index (κ3) is 1200. The van der Waals surface area contributed by atoms with Crippen molar-refractivity contribution in [2.24, 2.45) is 10.7 Å². The first-order valence-corrected chi connectivity index (χ1v) is 22.5. The fraction of sp³-hybridized carbons (Fsp3) is 0.617. The maximum Gasteiger partial charge on any atom is 0.300 e. The highest BCUT2D eigenvalue weighted by atomic mass is 35.5. The Kier molecular flexibility index (Phi) is 187. The van der Waals surface area contributed by atoms with E-state index in [4.69, 9.17) is 40.7 Å². The molecule has 2 saturated heterocycles. The van der Waals surface area contributed by atoms with Gasteiger partial charge in [0.2, 0.25) is 6.08 Å². The molecule has 14 heteroatoms. The van der Waals surface area contributed by atoms with Crippen LogP contribution in [0.5, 0.6) is 0 Å². The van der Waals surface area contributed by atoms with Crippen LogP contribution in [0.3, 0.4) is 0 Å². The normalized spacial score (nSPS) is 11.4. The second-order valence-corrected chi connectivity index (χ2v) is 13.1. The van der Waals surface area contributed by atoms with E-state index < -0.39 is 16.1 Å². The summed E-state index contributed by atoms with van der Waals surface area (Å²) in [7, 11) is 0.215. The minimum atomic E-state index is -3.67. The first-order valence-electron chi connectivity index (χ1n) is 19.4. The Balaban J connectivity index is -0.0000000325. The van der Waals surface area contributed by atoms with E-state index in [-0.39, 0.29) is 0 Å². The van der Waals surface area contributed by atoms with Crippen molar-refractivity contribution in [3.05, 3.63) is 84.5 Å². The number of rotatable bonds is 3. The number of nitrogens with zero attached hydrogens (tertiary/aromatic N) is 1. The van der Waals surface area contributed by atoms with Gasteiger partial charge in [-0.25, -0.2) is 9.79 Å². The van der Waals surface area contributed by atoms with E-state index in [2.05, 4.69) is 140 Å². The van der Waals surface area contributed by atoms with Crippen molar-refractivity contribution in [1.82, 2.24) is 5.32 Å². The number of unbranched alkanes of at least 4 members (excludes halogenated alkanes) is 1. The molecule has 0 aromatic rings. The number of nitrogens with one attached hydrogen (secondary N) is 1. The van der Waals surface area contributed by atoms with Crippen LogP contribution < -0.4 is 11.1 Å². The summed E-state index contributed by atoms with van der Waals surface area (Å²) >= 11 is 8.61. The van der Waals surface area contributed by atoms with E-state index in [0.717, 1.165) is 33.1 Å². The SMILES string of the molecule is C#CC.C/C=C/C.C/C=C/CC.C/C=C/CCC.C=C(C)C.C=C(C)Cl.C=CC.CC(=O)O.CC1CN1.CC1CO1.CC=C(C)C.CN.CN=C=O.CO.CS.CS(=O)(=O)O. The van der Waals surface area contributed by atoms with Gasteiger partial charge in [-0.15, -0.1) is 25.5 Å². The molecule has 61 heavy (non-hydrogen) atoms. The van der Waals surface area contributed by atoms with Crippen molar-refractivity contribution in [2.75, 3.05) is 46.9 Å². The molecule has 0 radical (unpaired) electrons. The van der Waals surface area contributed by atoms with Crippen LogP contribution in [0.25, 0.3) is 0 Å². The molecule has 11 nitrogen and oxygen atoms in total. The first kappa shape index (κ1) is 97.3. The van der Waals surface area contributed by atoms with Gasteiger partial charge in [-0.1, -0.05) is 98.2 Å². The number of carbonyl (C=O) groups excluding carboxylic acids is 1. The fourth-order valence-electron chi connectivity index (χ4n) is 0.783. The summed E-state index contributed by atoms with van der Waals surface area (Å²) in [4.78, 5) is 20.8. The molecule has 0 aromatic heterocycles. The molecule has 370 valence electrons. The van der Waals surface area contributed by atoms with Gasteiger partial charge in [-0.2, -0.15) is 21.0 Å². The van der Waals surface area contributed by atoms with Crippen LogP contribution in [0.4, 0.5) is 0 Å². The van der Waals surface area contributed by atoms with Gasteiger partial charge in [0.05, 0.1) is 19.0 Å². The van der Waals surface area contributed by atoms with Crippen LogP contribution in [-0.2, 0) is 24.4 Å². The highest BCUT2D eigenvalue weighted by molar-refractivity contribution is 7.85. The standard InChI is InChI=1S/C6H12.2C5H10.2C4H8.C3H5Cl.C3H7N.C3H6O.C3H6.C3H4.C2H3NO.C2H4O2.CH5N.CH4O3S.CH4O.CH4S/c1-3-5-6-4-2;1-4-5(2)3;1-3-5-4-2;1-4(2)3;1-3-4-2;1-3(2)4;2*1-3-2-4-3;2*1-3-2;1-3-2-4;1-2(3)4;1-2;1-5(2,3)4;2*1-2/h3,5H,4,6H2,1-2H3;4H,1-3H3;3,5H,4H2,1-2H3;1H2,2-3H3;3-4H,1-2H3;1H2,2H3;3-4H,2H2,1H3;3H,2H2,1H3;3H,1H2,2H3;1H,2H3;1H3;1H3,(H,3,4);2H2,1H3;1H3,(H,2,3,4);2*2H,1H3/b5-3+;;5-3+;;4-3+;;;;;;;;;;;. The lowest BCUT2D eigenvalue weighted by Crippen LogP contribution is -1.88. The number of nitrogens with two attached hydrogens (primary N) is 1. The Labute approximate surface area is 391 Å². The number of terminal acetylenes is 1. The molecule has 2 rings (SSSR count). The predicted molar refractivity (Wildman–Crippen MR) is 283 cm³/mol. The lowest BCUT2D eigenvalue weighted by Gasteiger charge is -1.76. The number of carbonyl (C=O) groups is 1. The van der Waals surface area contributed by atoms with Crippen molar-refractivity contribution in [2.45, 2.75) is 149 Å². The monoisotopic (exact) mass is 934 g/mol. The Morgan fingerprint density at radius 1 is 0.951 bits per heavy atom. The molecule has 2 unspecified atom stereocenters. The van der Waals surface area contributed by atoms with E-state index in [0.29, 0.717) is 17.4 Å². The van der Waals surface area contributed by atoms with E-state index in [1.54, 1.807) is 26.2 Å². The molecule has 6 N–H and O–H groups in total. The second-order valence-electron chi connectivity index (χ2n) is 11.0. The van der Waals surface area contributed by atoms with Crippen molar-refractivity contribution in [1.29, 1.82) is 0 Å². The molecule has 0 bridgehead atoms. The zero-order valence-electron chi connectivity index (χ0n) is 43.1. The Bertz CT molecular complexity index is 1020. The number of hydrogen-bond donors (Lipinski definition) is 6. The topological polar surface area (TPSA) is 202 Å². The summed E-state index contributed by atoms with van der Waals surface area (Å²) in [5.74, 6) is 1.42. The molecule has 2 heterocycles. The van der Waals surface area contributed by atoms with Crippen LogP contribution in [0.15, 0.2) is 89.5 Å². The lowest BCUT2D eigenvalue weighted by atomic mass is 10.3. The summed E-state index contributed by atoms with van der Waals surface area (Å²) in [5.41, 5.74) is 7.05. The van der Waals surface area contributed by atoms with Gasteiger partial charge in [-0.05, 0) is 123 Å². The first-order chi connectivity index (χ1) is 28.2. The molecule has 0 aromatic carbocycles. The molecule has 2 fully saturated rings. The van der Waals surface area contributed by atoms with Crippen LogP contribution in [-0.4, -0.2) is 94.2 Å². The number of hydrogen-bond acceptors (Lipinski definition) is 10. The molecular weight excluding hydrogens is 834 g/mol.